The quantitative estimate of drug-likeness (QED) is 0.591. The fourth-order valence-corrected chi connectivity index (χ4v) is 6.56. The molecule has 0 aromatic heterocycles. The van der Waals surface area contributed by atoms with Crippen molar-refractivity contribution in [1.29, 1.82) is 0 Å². The van der Waals surface area contributed by atoms with Crippen LogP contribution in [0.2, 0.25) is 12.1 Å². The Labute approximate surface area is 90.1 Å². The first-order chi connectivity index (χ1) is 6.83. The first-order valence-corrected chi connectivity index (χ1v) is 8.75. The van der Waals surface area contributed by atoms with Gasteiger partial charge in [-0.2, -0.15) is 0 Å². The highest BCUT2D eigenvalue weighted by Gasteiger charge is 2.28. The van der Waals surface area contributed by atoms with Gasteiger partial charge in [0.15, 0.2) is 0 Å². The molecule has 0 aromatic rings. The minimum atomic E-state index is -1.09. The van der Waals surface area contributed by atoms with Crippen LogP contribution in [0, 0.1) is 0 Å². The van der Waals surface area contributed by atoms with Crippen molar-refractivity contribution in [2.24, 2.45) is 0 Å². The molecule has 0 aromatic carbocycles. The first kappa shape index (κ1) is 11.8. The molecule has 1 aliphatic heterocycles. The van der Waals surface area contributed by atoms with Gasteiger partial charge in [0.2, 0.25) is 0 Å². The molecule has 1 heteroatoms. The van der Waals surface area contributed by atoms with E-state index < -0.39 is 8.07 Å². The monoisotopic (exact) mass is 208 g/mol. The zero-order valence-electron chi connectivity index (χ0n) is 9.76. The average Bonchev–Trinajstić information content (AvgIpc) is 2.25. The Morgan fingerprint density at radius 3 is 1.79 bits per heavy atom. The van der Waals surface area contributed by atoms with Gasteiger partial charge in [-0.05, 0) is 12.8 Å². The molecule has 0 spiro atoms. The lowest BCUT2D eigenvalue weighted by atomic mass is 10.3. The molecule has 0 atom stereocenters. The third kappa shape index (κ3) is 3.45. The zero-order chi connectivity index (χ0) is 10.3. The van der Waals surface area contributed by atoms with Crippen molar-refractivity contribution in [3.8, 4) is 0 Å². The molecular weight excluding hydrogens is 184 g/mol. The van der Waals surface area contributed by atoms with E-state index >= 15 is 0 Å². The van der Waals surface area contributed by atoms with Crippen LogP contribution >= 0.6 is 0 Å². The summed E-state index contributed by atoms with van der Waals surface area (Å²) in [5, 5.41) is 0. The second-order valence-electron chi connectivity index (χ2n) is 4.42. The number of allylic oxidation sites excluding steroid dienone is 2. The third-order valence-corrected chi connectivity index (χ3v) is 7.52. The van der Waals surface area contributed by atoms with Crippen LogP contribution in [0.3, 0.4) is 0 Å². The van der Waals surface area contributed by atoms with Gasteiger partial charge in [0.25, 0.3) is 0 Å². The molecule has 0 nitrogen and oxygen atoms in total. The summed E-state index contributed by atoms with van der Waals surface area (Å²) in [6, 6.07) is 3.00. The molecule has 14 heavy (non-hydrogen) atoms. The smallest absolute Gasteiger partial charge is 0.0944 e. The lowest BCUT2D eigenvalue weighted by Crippen LogP contribution is -2.32. The van der Waals surface area contributed by atoms with E-state index in [0.29, 0.717) is 0 Å². The Morgan fingerprint density at radius 2 is 1.36 bits per heavy atom. The van der Waals surface area contributed by atoms with E-state index in [1.165, 1.54) is 44.2 Å². The zero-order valence-corrected chi connectivity index (χ0v) is 10.8. The van der Waals surface area contributed by atoms with Gasteiger partial charge in [-0.25, -0.2) is 0 Å². The standard InChI is InChI=1S/C13H24Si/c1-3-5-10-14(11-6-4-2)12-8-7-9-13-14/h5-6,10-11H,3-4,7-9,12-13H2,1-2H3/b10-5+,11-6+. The minimum Gasteiger partial charge on any atom is -0.0944 e. The minimum absolute atomic E-state index is 1.09. The van der Waals surface area contributed by atoms with Crippen LogP contribution in [-0.2, 0) is 0 Å². The van der Waals surface area contributed by atoms with Gasteiger partial charge in [-0.15, -0.1) is 0 Å². The Hall–Kier alpha value is -0.303. The van der Waals surface area contributed by atoms with Gasteiger partial charge < -0.3 is 0 Å². The van der Waals surface area contributed by atoms with Crippen molar-refractivity contribution < 1.29 is 0 Å². The predicted octanol–water partition coefficient (Wildman–Crippen LogP) is 4.63. The maximum Gasteiger partial charge on any atom is 0.101 e. The van der Waals surface area contributed by atoms with Crippen molar-refractivity contribution in [3.05, 3.63) is 23.6 Å². The molecule has 1 aliphatic rings. The fraction of sp³-hybridized carbons (Fsp3) is 0.692. The highest BCUT2D eigenvalue weighted by molar-refractivity contribution is 6.89. The number of hydrogen-bond donors (Lipinski definition) is 0. The van der Waals surface area contributed by atoms with Crippen LogP contribution in [0.25, 0.3) is 0 Å². The van der Waals surface area contributed by atoms with Crippen molar-refractivity contribution >= 4 is 8.07 Å². The van der Waals surface area contributed by atoms with Crippen molar-refractivity contribution in [3.63, 3.8) is 0 Å². The molecule has 1 heterocycles. The van der Waals surface area contributed by atoms with Crippen LogP contribution in [0.1, 0.15) is 46.0 Å². The highest BCUT2D eigenvalue weighted by atomic mass is 28.3. The summed E-state index contributed by atoms with van der Waals surface area (Å²) < 4.78 is 0. The molecule has 0 radical (unpaired) electrons. The van der Waals surface area contributed by atoms with Crippen LogP contribution in [0.15, 0.2) is 23.6 Å². The van der Waals surface area contributed by atoms with Gasteiger partial charge in [0.05, 0.1) is 0 Å². The molecule has 1 fully saturated rings. The summed E-state index contributed by atoms with van der Waals surface area (Å²) in [6.07, 6.45) is 11.6. The van der Waals surface area contributed by atoms with Crippen LogP contribution in [0.5, 0.6) is 0 Å². The molecule has 1 saturated heterocycles. The average molecular weight is 208 g/mol. The Balaban J connectivity index is 2.66. The summed E-state index contributed by atoms with van der Waals surface area (Å²) >= 11 is 0. The number of rotatable bonds is 4. The molecule has 0 amide bonds. The normalized spacial score (nSPS) is 22.1. The fourth-order valence-electron chi connectivity index (χ4n) is 2.30. The summed E-state index contributed by atoms with van der Waals surface area (Å²) in [4.78, 5) is 0. The maximum absolute atomic E-state index is 2.60. The van der Waals surface area contributed by atoms with E-state index in [-0.39, 0.29) is 0 Å². The van der Waals surface area contributed by atoms with Gasteiger partial charge in [-0.3, -0.25) is 0 Å². The van der Waals surface area contributed by atoms with Crippen LogP contribution < -0.4 is 0 Å². The molecule has 1 rings (SSSR count). The summed E-state index contributed by atoms with van der Waals surface area (Å²) in [5.74, 6) is 0. The van der Waals surface area contributed by atoms with E-state index in [2.05, 4.69) is 37.4 Å². The van der Waals surface area contributed by atoms with E-state index in [9.17, 15) is 0 Å². The van der Waals surface area contributed by atoms with Crippen LogP contribution in [0.4, 0.5) is 0 Å². The summed E-state index contributed by atoms with van der Waals surface area (Å²) in [7, 11) is -1.09. The summed E-state index contributed by atoms with van der Waals surface area (Å²) in [6.45, 7) is 4.48. The van der Waals surface area contributed by atoms with E-state index in [0.717, 1.165) is 0 Å². The Kier molecular flexibility index (Phi) is 5.24. The largest absolute Gasteiger partial charge is 0.101 e. The summed E-state index contributed by atoms with van der Waals surface area (Å²) in [5.41, 5.74) is 5.19. The predicted molar refractivity (Wildman–Crippen MR) is 68.1 cm³/mol. The Bertz CT molecular complexity index is 181. The molecular formula is C13H24Si. The van der Waals surface area contributed by atoms with E-state index in [1.54, 1.807) is 0 Å². The molecule has 0 aliphatic carbocycles. The van der Waals surface area contributed by atoms with Crippen LogP contribution in [-0.4, -0.2) is 8.07 Å². The second-order valence-corrected chi connectivity index (χ2v) is 8.55. The SMILES string of the molecule is CC/C=C/[Si]1(/C=C/CC)CCCCC1. The third-order valence-electron chi connectivity index (χ3n) is 3.16. The molecule has 0 saturated carbocycles. The molecule has 0 unspecified atom stereocenters. The van der Waals surface area contributed by atoms with Crippen molar-refractivity contribution in [2.75, 3.05) is 0 Å². The number of hydrogen-bond acceptors (Lipinski definition) is 0. The highest BCUT2D eigenvalue weighted by Crippen LogP contribution is 2.30. The van der Waals surface area contributed by atoms with Gasteiger partial charge in [-0.1, -0.05) is 68.7 Å². The lowest BCUT2D eigenvalue weighted by molar-refractivity contribution is 0.719. The lowest BCUT2D eigenvalue weighted by Gasteiger charge is -2.29. The van der Waals surface area contributed by atoms with Gasteiger partial charge >= 0.3 is 0 Å². The molecule has 0 bridgehead atoms. The molecule has 0 N–H and O–H groups in total. The van der Waals surface area contributed by atoms with Crippen molar-refractivity contribution in [2.45, 2.75) is 58.0 Å². The van der Waals surface area contributed by atoms with Gasteiger partial charge in [0.1, 0.15) is 8.07 Å². The first-order valence-electron chi connectivity index (χ1n) is 6.18. The topological polar surface area (TPSA) is 0 Å². The van der Waals surface area contributed by atoms with E-state index in [1.807, 2.05) is 0 Å². The molecule has 80 valence electrons. The van der Waals surface area contributed by atoms with Crippen molar-refractivity contribution in [1.82, 2.24) is 0 Å². The second kappa shape index (κ2) is 6.23. The van der Waals surface area contributed by atoms with Gasteiger partial charge in [0, 0.05) is 0 Å². The van der Waals surface area contributed by atoms with E-state index in [4.69, 9.17) is 0 Å². The maximum atomic E-state index is 2.60. The Morgan fingerprint density at radius 1 is 0.857 bits per heavy atom.